The molecule has 2 heterocycles. The van der Waals surface area contributed by atoms with Crippen LogP contribution in [0.3, 0.4) is 0 Å². The Morgan fingerprint density at radius 2 is 0.758 bits per heavy atom. The van der Waals surface area contributed by atoms with Crippen molar-refractivity contribution in [2.45, 2.75) is 5.41 Å². The molecule has 2 aromatic heterocycles. The Hall–Kier alpha value is -8.21. The third-order valence-electron chi connectivity index (χ3n) is 13.0. The molecule has 0 unspecified atom stereocenters. The number of hydrogen-bond donors (Lipinski definition) is 0. The van der Waals surface area contributed by atoms with Crippen LogP contribution in [0.25, 0.3) is 101 Å². The van der Waals surface area contributed by atoms with Gasteiger partial charge in [0.1, 0.15) is 11.2 Å². The summed E-state index contributed by atoms with van der Waals surface area (Å²) in [6.07, 6.45) is 0. The van der Waals surface area contributed by atoms with Crippen molar-refractivity contribution >= 4 is 21.9 Å². The van der Waals surface area contributed by atoms with Gasteiger partial charge in [-0.25, -0.2) is 15.0 Å². The number of nitrogens with zero attached hydrogens (tertiary/aromatic N) is 3. The van der Waals surface area contributed by atoms with Crippen LogP contribution >= 0.6 is 0 Å². The maximum absolute atomic E-state index is 6.92. The highest BCUT2D eigenvalue weighted by atomic mass is 16.3. The molecular formula is C58H35N3O. The van der Waals surface area contributed by atoms with Crippen molar-refractivity contribution in [1.29, 1.82) is 0 Å². The van der Waals surface area contributed by atoms with E-state index in [0.29, 0.717) is 17.5 Å². The summed E-state index contributed by atoms with van der Waals surface area (Å²) in [7, 11) is 0. The van der Waals surface area contributed by atoms with Gasteiger partial charge in [0.05, 0.1) is 5.41 Å². The lowest BCUT2D eigenvalue weighted by Gasteiger charge is -2.35. The lowest BCUT2D eigenvalue weighted by atomic mass is 9.66. The quantitative estimate of drug-likeness (QED) is 0.178. The van der Waals surface area contributed by atoms with Crippen LogP contribution in [0.15, 0.2) is 217 Å². The predicted octanol–water partition coefficient (Wildman–Crippen LogP) is 14.4. The summed E-state index contributed by atoms with van der Waals surface area (Å²) in [5.41, 5.74) is 18.7. The molecule has 2 aliphatic carbocycles. The number of fused-ring (bicyclic) bond motifs is 15. The number of hydrogen-bond acceptors (Lipinski definition) is 4. The number of benzene rings is 9. The van der Waals surface area contributed by atoms with E-state index >= 15 is 0 Å². The summed E-state index contributed by atoms with van der Waals surface area (Å²) in [5.74, 6) is 1.87. The second kappa shape index (κ2) is 13.4. The Balaban J connectivity index is 1.03. The molecule has 0 radical (unpaired) electrons. The van der Waals surface area contributed by atoms with E-state index in [9.17, 15) is 0 Å². The first-order chi connectivity index (χ1) is 30.8. The zero-order valence-corrected chi connectivity index (χ0v) is 33.5. The third kappa shape index (κ3) is 4.92. The largest absolute Gasteiger partial charge is 0.455 e. The van der Waals surface area contributed by atoms with Gasteiger partial charge < -0.3 is 4.42 Å². The number of rotatable bonds is 4. The van der Waals surface area contributed by atoms with Crippen LogP contribution in [0.1, 0.15) is 22.3 Å². The zero-order valence-electron chi connectivity index (χ0n) is 33.5. The molecule has 1 spiro atoms. The van der Waals surface area contributed by atoms with Crippen LogP contribution in [0.4, 0.5) is 0 Å². The van der Waals surface area contributed by atoms with Crippen molar-refractivity contribution in [1.82, 2.24) is 15.0 Å². The Morgan fingerprint density at radius 3 is 1.37 bits per heavy atom. The fourth-order valence-corrected chi connectivity index (χ4v) is 10.4. The molecule has 11 aromatic rings. The molecule has 0 N–H and O–H groups in total. The van der Waals surface area contributed by atoms with Gasteiger partial charge in [-0.15, -0.1) is 0 Å². The van der Waals surface area contributed by atoms with Crippen molar-refractivity contribution in [3.05, 3.63) is 235 Å². The summed E-state index contributed by atoms with van der Waals surface area (Å²) in [6, 6.07) is 75.9. The van der Waals surface area contributed by atoms with E-state index in [-0.39, 0.29) is 0 Å². The van der Waals surface area contributed by atoms with Crippen LogP contribution in [0, 0.1) is 0 Å². The van der Waals surface area contributed by atoms with E-state index in [4.69, 9.17) is 19.4 Å². The predicted molar refractivity (Wildman–Crippen MR) is 251 cm³/mol. The van der Waals surface area contributed by atoms with Crippen LogP contribution in [0.5, 0.6) is 0 Å². The molecule has 0 bridgehead atoms. The van der Waals surface area contributed by atoms with Crippen LogP contribution in [-0.2, 0) is 5.41 Å². The average molecular weight is 790 g/mol. The molecule has 0 amide bonds. The molecule has 13 rings (SSSR count). The topological polar surface area (TPSA) is 51.8 Å². The molecule has 288 valence electrons. The Bertz CT molecular complexity index is 3460. The Labute approximate surface area is 358 Å². The first kappa shape index (κ1) is 34.6. The van der Waals surface area contributed by atoms with Crippen LogP contribution in [0.2, 0.25) is 0 Å². The average Bonchev–Trinajstić information content (AvgIpc) is 3.85. The fourth-order valence-electron chi connectivity index (χ4n) is 10.4. The SMILES string of the molecule is c1ccc(-c2nc(-c3ccccc3)nc(-c3ccc4oc5c(-c6cccc7c6-c6ccccc6C76c7ccccc7-c7ccccc7-c7ccccc76)cccc5c4c3)n2)cc1. The highest BCUT2D eigenvalue weighted by Crippen LogP contribution is 2.63. The van der Waals surface area contributed by atoms with Crippen molar-refractivity contribution in [3.8, 4) is 78.7 Å². The first-order valence-electron chi connectivity index (χ1n) is 21.1. The third-order valence-corrected chi connectivity index (χ3v) is 13.0. The van der Waals surface area contributed by atoms with E-state index in [1.54, 1.807) is 0 Å². The van der Waals surface area contributed by atoms with Crippen molar-refractivity contribution in [2.75, 3.05) is 0 Å². The first-order valence-corrected chi connectivity index (χ1v) is 21.1. The summed E-state index contributed by atoms with van der Waals surface area (Å²) >= 11 is 0. The summed E-state index contributed by atoms with van der Waals surface area (Å²) in [5, 5.41) is 2.05. The van der Waals surface area contributed by atoms with Gasteiger partial charge in [0.15, 0.2) is 17.5 Å². The van der Waals surface area contributed by atoms with E-state index in [1.165, 1.54) is 55.6 Å². The van der Waals surface area contributed by atoms with E-state index in [2.05, 4.69) is 152 Å². The summed E-state index contributed by atoms with van der Waals surface area (Å²) in [6.45, 7) is 0. The van der Waals surface area contributed by atoms with Gasteiger partial charge in [-0.1, -0.05) is 194 Å². The smallest absolute Gasteiger partial charge is 0.164 e. The van der Waals surface area contributed by atoms with Crippen LogP contribution in [-0.4, -0.2) is 15.0 Å². The zero-order chi connectivity index (χ0) is 40.8. The molecule has 9 aromatic carbocycles. The monoisotopic (exact) mass is 789 g/mol. The molecule has 0 atom stereocenters. The molecular weight excluding hydrogens is 755 g/mol. The maximum atomic E-state index is 6.92. The van der Waals surface area contributed by atoms with E-state index in [1.807, 2.05) is 60.7 Å². The lowest BCUT2D eigenvalue weighted by Crippen LogP contribution is -2.29. The summed E-state index contributed by atoms with van der Waals surface area (Å²) < 4.78 is 6.92. The standard InChI is InChI=1S/C58H35N3O/c1-3-17-36(18-4-1)55-59-56(37-19-5-2-6-20-37)61-57(60-55)38-33-34-52-47(35-38)45-28-15-27-44(54(45)62-52)43-26-16-32-51-53(43)46-25-11-14-31-50(46)58(51)48-29-12-9-23-41(48)39-21-7-8-22-40(39)42-24-10-13-30-49(42)58/h1-35H. The Kier molecular flexibility index (Phi) is 7.49. The fraction of sp³-hybridized carbons (Fsp3) is 0.0172. The highest BCUT2D eigenvalue weighted by Gasteiger charge is 2.50. The van der Waals surface area contributed by atoms with Crippen molar-refractivity contribution in [3.63, 3.8) is 0 Å². The highest BCUT2D eigenvalue weighted by molar-refractivity contribution is 6.12. The lowest BCUT2D eigenvalue weighted by molar-refractivity contribution is 0.670. The van der Waals surface area contributed by atoms with E-state index in [0.717, 1.165) is 49.8 Å². The molecule has 4 nitrogen and oxygen atoms in total. The molecule has 0 aliphatic heterocycles. The van der Waals surface area contributed by atoms with Gasteiger partial charge in [-0.2, -0.15) is 0 Å². The number of para-hydroxylation sites is 1. The van der Waals surface area contributed by atoms with Gasteiger partial charge >= 0.3 is 0 Å². The molecule has 0 fully saturated rings. The number of furan rings is 1. The van der Waals surface area contributed by atoms with Crippen LogP contribution < -0.4 is 0 Å². The second-order valence-corrected chi connectivity index (χ2v) is 16.2. The van der Waals surface area contributed by atoms with Gasteiger partial charge in [-0.3, -0.25) is 0 Å². The van der Waals surface area contributed by atoms with Gasteiger partial charge in [0, 0.05) is 33.0 Å². The molecule has 62 heavy (non-hydrogen) atoms. The van der Waals surface area contributed by atoms with Crippen molar-refractivity contribution < 1.29 is 4.42 Å². The van der Waals surface area contributed by atoms with Crippen molar-refractivity contribution in [2.24, 2.45) is 0 Å². The normalized spacial score (nSPS) is 13.0. The minimum Gasteiger partial charge on any atom is -0.455 e. The molecule has 2 aliphatic rings. The Morgan fingerprint density at radius 1 is 0.306 bits per heavy atom. The minimum atomic E-state index is -0.563. The second-order valence-electron chi connectivity index (χ2n) is 16.2. The molecule has 0 saturated carbocycles. The van der Waals surface area contributed by atoms with Gasteiger partial charge in [0.25, 0.3) is 0 Å². The van der Waals surface area contributed by atoms with Gasteiger partial charge in [0.2, 0.25) is 0 Å². The molecule has 4 heteroatoms. The minimum absolute atomic E-state index is 0.563. The van der Waals surface area contributed by atoms with Gasteiger partial charge in [-0.05, 0) is 79.4 Å². The molecule has 0 saturated heterocycles. The maximum Gasteiger partial charge on any atom is 0.164 e. The summed E-state index contributed by atoms with van der Waals surface area (Å²) in [4.78, 5) is 15.0. The number of aromatic nitrogens is 3. The van der Waals surface area contributed by atoms with E-state index < -0.39 is 5.41 Å².